The van der Waals surface area contributed by atoms with Crippen molar-refractivity contribution < 1.29 is 4.79 Å². The summed E-state index contributed by atoms with van der Waals surface area (Å²) in [6, 6.07) is 15.9. The molecule has 1 aliphatic rings. The largest absolute Gasteiger partial charge is 0.398 e. The molecule has 3 heteroatoms. The average Bonchev–Trinajstić information content (AvgIpc) is 2.52. The Bertz CT molecular complexity index is 734. The number of rotatable bonds is 2. The highest BCUT2D eigenvalue weighted by Crippen LogP contribution is 2.31. The normalized spacial score (nSPS) is 15.9. The van der Waals surface area contributed by atoms with Gasteiger partial charge in [0.05, 0.1) is 12.2 Å². The zero-order valence-electron chi connectivity index (χ0n) is 12.8. The number of nitrogens with zero attached hydrogens (tertiary/aromatic N) is 1. The minimum Gasteiger partial charge on any atom is -0.398 e. The molecule has 0 unspecified atom stereocenters. The van der Waals surface area contributed by atoms with Gasteiger partial charge in [-0.3, -0.25) is 4.79 Å². The van der Waals surface area contributed by atoms with Crippen molar-refractivity contribution in [1.29, 1.82) is 0 Å². The van der Waals surface area contributed by atoms with E-state index in [4.69, 9.17) is 5.73 Å². The fraction of sp³-hybridized carbons (Fsp3) is 0.211. The molecule has 112 valence electrons. The summed E-state index contributed by atoms with van der Waals surface area (Å²) in [5.74, 6) is 0.138. The predicted molar refractivity (Wildman–Crippen MR) is 91.0 cm³/mol. The lowest BCUT2D eigenvalue weighted by Gasteiger charge is -2.28. The molecule has 2 aromatic carbocycles. The predicted octanol–water partition coefficient (Wildman–Crippen LogP) is 3.79. The molecule has 1 amide bonds. The van der Waals surface area contributed by atoms with Crippen LogP contribution in [0, 0.1) is 0 Å². The van der Waals surface area contributed by atoms with E-state index in [1.807, 2.05) is 60.4 Å². The molecule has 0 radical (unpaired) electrons. The standard InChI is InChI=1S/C19H20N2O/c1-2-7-19(22)21-13-15-9-4-3-8-14(15)12-17(20)16-10-5-6-11-18(16)21/h3-6,8-12H,2,7,13,20H2,1H3/b17-12+. The summed E-state index contributed by atoms with van der Waals surface area (Å²) >= 11 is 0. The molecule has 2 N–H and O–H groups in total. The molecule has 3 nitrogen and oxygen atoms in total. The highest BCUT2D eigenvalue weighted by Gasteiger charge is 2.21. The fourth-order valence-corrected chi connectivity index (χ4v) is 2.84. The van der Waals surface area contributed by atoms with Crippen LogP contribution in [0.1, 0.15) is 36.5 Å². The zero-order valence-corrected chi connectivity index (χ0v) is 12.8. The van der Waals surface area contributed by atoms with Gasteiger partial charge in [0.15, 0.2) is 0 Å². The summed E-state index contributed by atoms with van der Waals surface area (Å²) < 4.78 is 0. The summed E-state index contributed by atoms with van der Waals surface area (Å²) in [7, 11) is 0. The van der Waals surface area contributed by atoms with Gasteiger partial charge in [-0.25, -0.2) is 0 Å². The maximum absolute atomic E-state index is 12.6. The molecule has 0 aliphatic carbocycles. The van der Waals surface area contributed by atoms with Crippen molar-refractivity contribution in [2.45, 2.75) is 26.3 Å². The molecular weight excluding hydrogens is 272 g/mol. The van der Waals surface area contributed by atoms with Crippen LogP contribution in [0.5, 0.6) is 0 Å². The average molecular weight is 292 g/mol. The molecule has 0 bridgehead atoms. The lowest BCUT2D eigenvalue weighted by molar-refractivity contribution is -0.118. The van der Waals surface area contributed by atoms with Crippen molar-refractivity contribution in [2.75, 3.05) is 4.90 Å². The molecule has 22 heavy (non-hydrogen) atoms. The zero-order chi connectivity index (χ0) is 15.5. The van der Waals surface area contributed by atoms with Crippen LogP contribution in [-0.2, 0) is 11.3 Å². The third-order valence-corrected chi connectivity index (χ3v) is 3.97. The number of carbonyl (C=O) groups is 1. The quantitative estimate of drug-likeness (QED) is 0.915. The molecule has 0 spiro atoms. The minimum atomic E-state index is 0.138. The van der Waals surface area contributed by atoms with Gasteiger partial charge in [0, 0.05) is 17.7 Å². The monoisotopic (exact) mass is 292 g/mol. The molecule has 0 aromatic heterocycles. The molecule has 0 saturated heterocycles. The van der Waals surface area contributed by atoms with Crippen LogP contribution in [0.4, 0.5) is 5.69 Å². The second kappa shape index (κ2) is 6.06. The highest BCUT2D eigenvalue weighted by molar-refractivity contribution is 5.98. The van der Waals surface area contributed by atoms with Gasteiger partial charge in [0.2, 0.25) is 5.91 Å². The summed E-state index contributed by atoms with van der Waals surface area (Å²) in [6.07, 6.45) is 3.38. The van der Waals surface area contributed by atoms with E-state index >= 15 is 0 Å². The Balaban J connectivity index is 2.18. The maximum Gasteiger partial charge on any atom is 0.227 e. The highest BCUT2D eigenvalue weighted by atomic mass is 16.2. The summed E-state index contributed by atoms with van der Waals surface area (Å²) in [6.45, 7) is 2.60. The SMILES string of the molecule is CCCC(=O)N1Cc2ccccc2/C=C(/N)c2ccccc21. The summed E-state index contributed by atoms with van der Waals surface area (Å²) in [4.78, 5) is 14.5. The van der Waals surface area contributed by atoms with Crippen molar-refractivity contribution in [3.05, 3.63) is 65.2 Å². The lowest BCUT2D eigenvalue weighted by atomic mass is 9.99. The Kier molecular flexibility index (Phi) is 3.96. The second-order valence-electron chi connectivity index (χ2n) is 5.55. The fourth-order valence-electron chi connectivity index (χ4n) is 2.84. The van der Waals surface area contributed by atoms with Crippen molar-refractivity contribution in [3.63, 3.8) is 0 Å². The third-order valence-electron chi connectivity index (χ3n) is 3.97. The number of hydrogen-bond donors (Lipinski definition) is 1. The van der Waals surface area contributed by atoms with E-state index in [2.05, 4.69) is 6.07 Å². The lowest BCUT2D eigenvalue weighted by Crippen LogP contribution is -2.32. The van der Waals surface area contributed by atoms with Crippen molar-refractivity contribution >= 4 is 23.4 Å². The number of hydrogen-bond acceptors (Lipinski definition) is 2. The van der Waals surface area contributed by atoms with E-state index < -0.39 is 0 Å². The first-order chi connectivity index (χ1) is 10.7. The van der Waals surface area contributed by atoms with Gasteiger partial charge in [-0.2, -0.15) is 0 Å². The van der Waals surface area contributed by atoms with Gasteiger partial charge in [-0.1, -0.05) is 49.4 Å². The molecule has 3 rings (SSSR count). The van der Waals surface area contributed by atoms with Crippen LogP contribution in [0.3, 0.4) is 0 Å². The number of para-hydroxylation sites is 1. The Hall–Kier alpha value is -2.55. The van der Waals surface area contributed by atoms with E-state index in [-0.39, 0.29) is 5.91 Å². The second-order valence-corrected chi connectivity index (χ2v) is 5.55. The van der Waals surface area contributed by atoms with Crippen LogP contribution in [-0.4, -0.2) is 5.91 Å². The maximum atomic E-state index is 12.6. The Morgan fingerprint density at radius 3 is 2.68 bits per heavy atom. The van der Waals surface area contributed by atoms with Crippen LogP contribution in [0.25, 0.3) is 11.8 Å². The molecule has 1 heterocycles. The van der Waals surface area contributed by atoms with Gasteiger partial charge in [-0.05, 0) is 29.7 Å². The number of fused-ring (bicyclic) bond motifs is 2. The Morgan fingerprint density at radius 1 is 1.14 bits per heavy atom. The van der Waals surface area contributed by atoms with E-state index in [0.29, 0.717) is 18.7 Å². The van der Waals surface area contributed by atoms with Gasteiger partial charge >= 0.3 is 0 Å². The van der Waals surface area contributed by atoms with Crippen molar-refractivity contribution in [1.82, 2.24) is 0 Å². The number of nitrogens with two attached hydrogens (primary N) is 1. The minimum absolute atomic E-state index is 0.138. The number of carbonyl (C=O) groups excluding carboxylic acids is 1. The number of benzene rings is 2. The van der Waals surface area contributed by atoms with E-state index in [9.17, 15) is 4.79 Å². The van der Waals surface area contributed by atoms with E-state index in [1.165, 1.54) is 0 Å². The molecule has 0 atom stereocenters. The van der Waals surface area contributed by atoms with Crippen LogP contribution >= 0.6 is 0 Å². The van der Waals surface area contributed by atoms with Crippen molar-refractivity contribution in [3.8, 4) is 0 Å². The molecule has 1 aliphatic heterocycles. The smallest absolute Gasteiger partial charge is 0.227 e. The molecular formula is C19H20N2O. The van der Waals surface area contributed by atoms with Crippen LogP contribution in [0.2, 0.25) is 0 Å². The molecule has 2 aromatic rings. The van der Waals surface area contributed by atoms with Gasteiger partial charge in [0.1, 0.15) is 0 Å². The van der Waals surface area contributed by atoms with Gasteiger partial charge in [-0.15, -0.1) is 0 Å². The number of amides is 1. The number of anilines is 1. The topological polar surface area (TPSA) is 46.3 Å². The van der Waals surface area contributed by atoms with E-state index in [1.54, 1.807) is 0 Å². The first-order valence-corrected chi connectivity index (χ1v) is 7.65. The Labute approximate surface area is 131 Å². The first kappa shape index (κ1) is 14.4. The van der Waals surface area contributed by atoms with Crippen LogP contribution in [0.15, 0.2) is 48.5 Å². The van der Waals surface area contributed by atoms with Crippen LogP contribution < -0.4 is 10.6 Å². The first-order valence-electron chi connectivity index (χ1n) is 7.65. The third kappa shape index (κ3) is 2.62. The molecule has 0 saturated carbocycles. The van der Waals surface area contributed by atoms with Gasteiger partial charge in [0.25, 0.3) is 0 Å². The van der Waals surface area contributed by atoms with Crippen molar-refractivity contribution in [2.24, 2.45) is 5.73 Å². The van der Waals surface area contributed by atoms with Gasteiger partial charge < -0.3 is 10.6 Å². The summed E-state index contributed by atoms with van der Waals surface area (Å²) in [5.41, 5.74) is 11.0. The summed E-state index contributed by atoms with van der Waals surface area (Å²) in [5, 5.41) is 0. The molecule has 0 fully saturated rings. The Morgan fingerprint density at radius 2 is 1.86 bits per heavy atom. The van der Waals surface area contributed by atoms with E-state index in [0.717, 1.165) is 28.8 Å².